The molecule has 0 radical (unpaired) electrons. The maximum absolute atomic E-state index is 5.75. The van der Waals surface area contributed by atoms with Crippen LogP contribution in [0.4, 0.5) is 0 Å². The second-order valence-electron chi connectivity index (χ2n) is 3.76. The van der Waals surface area contributed by atoms with Gasteiger partial charge in [-0.2, -0.15) is 15.4 Å². The van der Waals surface area contributed by atoms with Gasteiger partial charge in [-0.25, -0.2) is 0 Å². The van der Waals surface area contributed by atoms with Gasteiger partial charge in [0.15, 0.2) is 0 Å². The van der Waals surface area contributed by atoms with Crippen molar-refractivity contribution in [3.63, 3.8) is 0 Å². The van der Waals surface area contributed by atoms with Gasteiger partial charge in [0.05, 0.1) is 0 Å². The molecule has 2 aromatic heterocycles. The molecular weight excluding hydrogens is 202 g/mol. The second-order valence-corrected chi connectivity index (χ2v) is 3.76. The fraction of sp³-hybridized carbons (Fsp3) is 0. The van der Waals surface area contributed by atoms with E-state index in [1.165, 1.54) is 0 Å². The largest absolute Gasteiger partial charge is 0.456 e. The highest BCUT2D eigenvalue weighted by atomic mass is 16.3. The van der Waals surface area contributed by atoms with Crippen LogP contribution in [0.3, 0.4) is 0 Å². The Morgan fingerprint density at radius 3 is 2.62 bits per heavy atom. The third kappa shape index (κ3) is 0.883. The van der Waals surface area contributed by atoms with E-state index in [0.29, 0.717) is 0 Å². The average molecular weight is 209 g/mol. The molecular formula is C12H7N3O. The molecule has 0 unspecified atom stereocenters. The normalized spacial score (nSPS) is 11.8. The molecule has 0 aliphatic heterocycles. The van der Waals surface area contributed by atoms with Crippen molar-refractivity contribution in [2.75, 3.05) is 0 Å². The third-order valence-corrected chi connectivity index (χ3v) is 2.81. The quantitative estimate of drug-likeness (QED) is 0.484. The molecule has 0 saturated carbocycles. The van der Waals surface area contributed by atoms with Crippen molar-refractivity contribution in [3.05, 3.63) is 36.4 Å². The van der Waals surface area contributed by atoms with Crippen LogP contribution in [-0.2, 0) is 0 Å². The zero-order valence-corrected chi connectivity index (χ0v) is 8.27. The van der Waals surface area contributed by atoms with Crippen LogP contribution in [-0.4, -0.2) is 15.4 Å². The lowest BCUT2D eigenvalue weighted by molar-refractivity contribution is 0.669. The standard InChI is InChI=1S/C12H7N3O/c1-2-4-11-7(3-1)8-5-9-10(14-15-13-9)6-12(8)16-11/h1-6H,(H,13,14,15). The number of aromatic nitrogens is 3. The van der Waals surface area contributed by atoms with Crippen LogP contribution in [0.2, 0.25) is 0 Å². The molecule has 76 valence electrons. The summed E-state index contributed by atoms with van der Waals surface area (Å²) in [5.74, 6) is 0. The molecule has 0 saturated heterocycles. The number of benzene rings is 2. The summed E-state index contributed by atoms with van der Waals surface area (Å²) in [6, 6.07) is 11.9. The molecule has 0 amide bonds. The molecule has 0 atom stereocenters. The number of hydrogen-bond acceptors (Lipinski definition) is 3. The van der Waals surface area contributed by atoms with Gasteiger partial charge >= 0.3 is 0 Å². The lowest BCUT2D eigenvalue weighted by Gasteiger charge is -1.87. The Kier molecular flexibility index (Phi) is 1.28. The Balaban J connectivity index is 2.32. The molecule has 0 spiro atoms. The smallest absolute Gasteiger partial charge is 0.137 e. The Morgan fingerprint density at radius 2 is 1.69 bits per heavy atom. The highest BCUT2D eigenvalue weighted by Gasteiger charge is 2.08. The fourth-order valence-corrected chi connectivity index (χ4v) is 2.06. The minimum Gasteiger partial charge on any atom is -0.456 e. The molecule has 4 rings (SSSR count). The summed E-state index contributed by atoms with van der Waals surface area (Å²) in [6.45, 7) is 0. The van der Waals surface area contributed by atoms with E-state index >= 15 is 0 Å². The Bertz CT molecular complexity index is 813. The molecule has 16 heavy (non-hydrogen) atoms. The van der Waals surface area contributed by atoms with E-state index in [-0.39, 0.29) is 0 Å². The first-order valence-corrected chi connectivity index (χ1v) is 5.03. The Hall–Kier alpha value is -2.36. The summed E-state index contributed by atoms with van der Waals surface area (Å²) >= 11 is 0. The van der Waals surface area contributed by atoms with Crippen LogP contribution in [0.1, 0.15) is 0 Å². The minimum absolute atomic E-state index is 0.826. The van der Waals surface area contributed by atoms with Crippen molar-refractivity contribution in [1.82, 2.24) is 15.4 Å². The van der Waals surface area contributed by atoms with Crippen molar-refractivity contribution in [3.8, 4) is 0 Å². The number of para-hydroxylation sites is 1. The van der Waals surface area contributed by atoms with Crippen LogP contribution in [0, 0.1) is 0 Å². The van der Waals surface area contributed by atoms with E-state index < -0.39 is 0 Å². The van der Waals surface area contributed by atoms with E-state index in [1.54, 1.807) is 0 Å². The summed E-state index contributed by atoms with van der Waals surface area (Å²) in [5, 5.41) is 12.9. The van der Waals surface area contributed by atoms with E-state index in [2.05, 4.69) is 15.4 Å². The molecule has 0 aliphatic carbocycles. The van der Waals surface area contributed by atoms with Gasteiger partial charge in [0.2, 0.25) is 0 Å². The van der Waals surface area contributed by atoms with Gasteiger partial charge in [0.25, 0.3) is 0 Å². The summed E-state index contributed by atoms with van der Waals surface area (Å²) < 4.78 is 5.75. The molecule has 0 bridgehead atoms. The number of aromatic amines is 1. The number of rotatable bonds is 0. The number of furan rings is 1. The molecule has 2 aromatic carbocycles. The van der Waals surface area contributed by atoms with Gasteiger partial charge in [0, 0.05) is 16.8 Å². The predicted octanol–water partition coefficient (Wildman–Crippen LogP) is 2.86. The lowest BCUT2D eigenvalue weighted by atomic mass is 10.1. The molecule has 2 heterocycles. The second kappa shape index (κ2) is 2.61. The highest BCUT2D eigenvalue weighted by molar-refractivity contribution is 6.08. The van der Waals surface area contributed by atoms with Crippen LogP contribution in [0.15, 0.2) is 40.8 Å². The van der Waals surface area contributed by atoms with Gasteiger partial charge in [0.1, 0.15) is 22.2 Å². The van der Waals surface area contributed by atoms with E-state index in [1.807, 2.05) is 36.4 Å². The monoisotopic (exact) mass is 209 g/mol. The topological polar surface area (TPSA) is 54.7 Å². The number of nitrogens with zero attached hydrogens (tertiary/aromatic N) is 2. The van der Waals surface area contributed by atoms with Crippen LogP contribution >= 0.6 is 0 Å². The first-order chi connectivity index (χ1) is 7.92. The van der Waals surface area contributed by atoms with E-state index in [4.69, 9.17) is 4.42 Å². The first kappa shape index (κ1) is 7.87. The minimum atomic E-state index is 0.826. The van der Waals surface area contributed by atoms with Crippen molar-refractivity contribution in [2.45, 2.75) is 0 Å². The average Bonchev–Trinajstić information content (AvgIpc) is 2.88. The van der Waals surface area contributed by atoms with Gasteiger partial charge in [-0.15, -0.1) is 0 Å². The maximum Gasteiger partial charge on any atom is 0.137 e. The lowest BCUT2D eigenvalue weighted by Crippen LogP contribution is -1.69. The van der Waals surface area contributed by atoms with Crippen LogP contribution in [0.5, 0.6) is 0 Å². The summed E-state index contributed by atoms with van der Waals surface area (Å²) in [6.07, 6.45) is 0. The van der Waals surface area contributed by atoms with Crippen molar-refractivity contribution in [1.29, 1.82) is 0 Å². The third-order valence-electron chi connectivity index (χ3n) is 2.81. The number of H-pyrrole nitrogens is 1. The van der Waals surface area contributed by atoms with Crippen molar-refractivity contribution < 1.29 is 4.42 Å². The van der Waals surface area contributed by atoms with Crippen LogP contribution in [0.25, 0.3) is 33.0 Å². The Morgan fingerprint density at radius 1 is 0.875 bits per heavy atom. The molecule has 4 aromatic rings. The molecule has 1 N–H and O–H groups in total. The fourth-order valence-electron chi connectivity index (χ4n) is 2.06. The number of fused-ring (bicyclic) bond motifs is 4. The molecule has 0 aliphatic rings. The zero-order valence-electron chi connectivity index (χ0n) is 8.27. The van der Waals surface area contributed by atoms with Crippen molar-refractivity contribution in [2.24, 2.45) is 0 Å². The van der Waals surface area contributed by atoms with E-state index in [9.17, 15) is 0 Å². The zero-order chi connectivity index (χ0) is 10.5. The molecule has 4 nitrogen and oxygen atoms in total. The number of nitrogens with one attached hydrogen (secondary N) is 1. The highest BCUT2D eigenvalue weighted by Crippen LogP contribution is 2.30. The summed E-state index contributed by atoms with van der Waals surface area (Å²) in [4.78, 5) is 0. The summed E-state index contributed by atoms with van der Waals surface area (Å²) in [7, 11) is 0. The molecule has 4 heteroatoms. The van der Waals surface area contributed by atoms with Crippen LogP contribution < -0.4 is 0 Å². The van der Waals surface area contributed by atoms with Gasteiger partial charge in [-0.1, -0.05) is 18.2 Å². The van der Waals surface area contributed by atoms with E-state index in [0.717, 1.165) is 33.0 Å². The van der Waals surface area contributed by atoms with Crippen molar-refractivity contribution >= 4 is 33.0 Å². The van der Waals surface area contributed by atoms with Gasteiger partial charge in [-0.3, -0.25) is 0 Å². The first-order valence-electron chi connectivity index (χ1n) is 5.03. The summed E-state index contributed by atoms with van der Waals surface area (Å²) in [5.41, 5.74) is 3.43. The molecule has 0 fully saturated rings. The predicted molar refractivity (Wildman–Crippen MR) is 61.2 cm³/mol. The maximum atomic E-state index is 5.75. The Labute approximate surface area is 89.9 Å². The SMILES string of the molecule is c1ccc2c(c1)oc1cc3n[nH]nc3cc12. The van der Waals surface area contributed by atoms with Gasteiger partial charge < -0.3 is 4.42 Å². The number of hydrogen-bond donors (Lipinski definition) is 1. The van der Waals surface area contributed by atoms with Gasteiger partial charge in [-0.05, 0) is 12.1 Å².